The highest BCUT2D eigenvalue weighted by Gasteiger charge is 2.48. The molecule has 0 radical (unpaired) electrons. The Balaban J connectivity index is 2.27. The molecule has 0 saturated heterocycles. The summed E-state index contributed by atoms with van der Waals surface area (Å²) in [6.45, 7) is 10.8. The van der Waals surface area contributed by atoms with E-state index in [9.17, 15) is 4.79 Å². The fourth-order valence-electron chi connectivity index (χ4n) is 3.82. The first-order valence-corrected chi connectivity index (χ1v) is 6.67. The molecule has 2 saturated carbocycles. The van der Waals surface area contributed by atoms with E-state index in [0.717, 1.165) is 12.8 Å². The van der Waals surface area contributed by atoms with Gasteiger partial charge in [-0.1, -0.05) is 32.9 Å². The van der Waals surface area contributed by atoms with Crippen molar-refractivity contribution in [2.24, 2.45) is 23.2 Å². The van der Waals surface area contributed by atoms with Crippen molar-refractivity contribution >= 4 is 5.78 Å². The minimum atomic E-state index is 0.169. The van der Waals surface area contributed by atoms with Crippen molar-refractivity contribution in [1.82, 2.24) is 0 Å². The molecule has 0 aromatic rings. The molecule has 16 heavy (non-hydrogen) atoms. The maximum Gasteiger partial charge on any atom is 0.143 e. The van der Waals surface area contributed by atoms with E-state index in [1.165, 1.54) is 24.8 Å². The summed E-state index contributed by atoms with van der Waals surface area (Å²) >= 11 is 0. The van der Waals surface area contributed by atoms with Gasteiger partial charge in [-0.05, 0) is 43.4 Å². The van der Waals surface area contributed by atoms with E-state index in [-0.39, 0.29) is 17.3 Å². The average Bonchev–Trinajstić information content (AvgIpc) is 2.16. The summed E-state index contributed by atoms with van der Waals surface area (Å²) in [7, 11) is 0. The molecule has 1 nitrogen and oxygen atoms in total. The van der Waals surface area contributed by atoms with E-state index in [1.54, 1.807) is 0 Å². The first kappa shape index (κ1) is 11.9. The molecule has 0 bridgehead atoms. The molecule has 2 aliphatic carbocycles. The predicted octanol–water partition coefficient (Wildman–Crippen LogP) is 3.98. The van der Waals surface area contributed by atoms with Crippen molar-refractivity contribution in [3.63, 3.8) is 0 Å². The molecule has 0 aromatic carbocycles. The molecule has 0 aliphatic heterocycles. The van der Waals surface area contributed by atoms with Crippen molar-refractivity contribution < 1.29 is 4.79 Å². The van der Waals surface area contributed by atoms with Gasteiger partial charge < -0.3 is 0 Å². The molecule has 2 fully saturated rings. The van der Waals surface area contributed by atoms with E-state index >= 15 is 0 Å². The van der Waals surface area contributed by atoms with Crippen LogP contribution in [0, 0.1) is 23.2 Å². The quantitative estimate of drug-likeness (QED) is 0.611. The zero-order chi connectivity index (χ0) is 11.9. The Morgan fingerprint density at radius 2 is 2.06 bits per heavy atom. The number of allylic oxidation sites excluding steroid dienone is 1. The number of rotatable bonds is 1. The minimum Gasteiger partial charge on any atom is -0.299 e. The largest absolute Gasteiger partial charge is 0.299 e. The second-order valence-corrected chi connectivity index (χ2v) is 6.39. The monoisotopic (exact) mass is 220 g/mol. The molecule has 2 rings (SSSR count). The lowest BCUT2D eigenvalue weighted by Crippen LogP contribution is -2.46. The van der Waals surface area contributed by atoms with Gasteiger partial charge >= 0.3 is 0 Å². The Morgan fingerprint density at radius 1 is 1.38 bits per heavy atom. The van der Waals surface area contributed by atoms with Gasteiger partial charge in [-0.2, -0.15) is 0 Å². The van der Waals surface area contributed by atoms with E-state index in [2.05, 4.69) is 27.4 Å². The lowest BCUT2D eigenvalue weighted by molar-refractivity contribution is -0.136. The van der Waals surface area contributed by atoms with E-state index < -0.39 is 0 Å². The van der Waals surface area contributed by atoms with Gasteiger partial charge in [0.15, 0.2) is 0 Å². The molecule has 0 spiro atoms. The number of carbonyl (C=O) groups is 1. The van der Waals surface area contributed by atoms with E-state index in [0.29, 0.717) is 11.7 Å². The van der Waals surface area contributed by atoms with Crippen molar-refractivity contribution in [1.29, 1.82) is 0 Å². The smallest absolute Gasteiger partial charge is 0.143 e. The third kappa shape index (κ3) is 1.74. The van der Waals surface area contributed by atoms with Crippen LogP contribution in [0.5, 0.6) is 0 Å². The van der Waals surface area contributed by atoms with Crippen LogP contribution in [0.3, 0.4) is 0 Å². The molecule has 0 unspecified atom stereocenters. The van der Waals surface area contributed by atoms with Crippen LogP contribution in [0.25, 0.3) is 0 Å². The number of ketones is 1. The lowest BCUT2D eigenvalue weighted by Gasteiger charge is -2.48. The molecule has 90 valence electrons. The second kappa shape index (κ2) is 4.01. The SMILES string of the molecule is C=C1CCC[C@]2(C)CC[C@H](C(C)C)C(=O)[C@@H]12. The van der Waals surface area contributed by atoms with Crippen LogP contribution in [-0.4, -0.2) is 5.78 Å². The highest BCUT2D eigenvalue weighted by atomic mass is 16.1. The first-order valence-electron chi connectivity index (χ1n) is 6.67. The number of fused-ring (bicyclic) bond motifs is 1. The zero-order valence-electron chi connectivity index (χ0n) is 10.9. The van der Waals surface area contributed by atoms with Crippen LogP contribution in [0.4, 0.5) is 0 Å². The van der Waals surface area contributed by atoms with Gasteiger partial charge in [0.2, 0.25) is 0 Å². The summed E-state index contributed by atoms with van der Waals surface area (Å²) in [5, 5.41) is 0. The number of hydrogen-bond donors (Lipinski definition) is 0. The van der Waals surface area contributed by atoms with Gasteiger partial charge in [0, 0.05) is 11.8 Å². The van der Waals surface area contributed by atoms with Crippen molar-refractivity contribution in [3.05, 3.63) is 12.2 Å². The van der Waals surface area contributed by atoms with Crippen LogP contribution in [0.2, 0.25) is 0 Å². The van der Waals surface area contributed by atoms with Gasteiger partial charge in [0.05, 0.1) is 0 Å². The highest BCUT2D eigenvalue weighted by molar-refractivity contribution is 5.87. The van der Waals surface area contributed by atoms with E-state index in [4.69, 9.17) is 0 Å². The Morgan fingerprint density at radius 3 is 2.69 bits per heavy atom. The molecular weight excluding hydrogens is 196 g/mol. The van der Waals surface area contributed by atoms with Gasteiger partial charge in [0.1, 0.15) is 5.78 Å². The molecule has 0 aromatic heterocycles. The van der Waals surface area contributed by atoms with Crippen LogP contribution in [0.15, 0.2) is 12.2 Å². The van der Waals surface area contributed by atoms with Gasteiger partial charge in [-0.3, -0.25) is 4.79 Å². The normalized spacial score (nSPS) is 40.0. The number of Topliss-reactive ketones (excluding diaryl/α,β-unsaturated/α-hetero) is 1. The van der Waals surface area contributed by atoms with E-state index in [1.807, 2.05) is 0 Å². The third-order valence-electron chi connectivity index (χ3n) is 4.83. The lowest BCUT2D eigenvalue weighted by atomic mass is 9.55. The Hall–Kier alpha value is -0.590. The summed E-state index contributed by atoms with van der Waals surface area (Å²) < 4.78 is 0. The Kier molecular flexibility index (Phi) is 2.98. The van der Waals surface area contributed by atoms with Crippen molar-refractivity contribution in [2.75, 3.05) is 0 Å². The molecule has 2 aliphatic rings. The van der Waals surface area contributed by atoms with Crippen LogP contribution in [-0.2, 0) is 4.79 Å². The van der Waals surface area contributed by atoms with Crippen LogP contribution < -0.4 is 0 Å². The number of carbonyl (C=O) groups excluding carboxylic acids is 1. The molecule has 0 heterocycles. The second-order valence-electron chi connectivity index (χ2n) is 6.39. The van der Waals surface area contributed by atoms with Crippen LogP contribution >= 0.6 is 0 Å². The molecule has 0 amide bonds. The average molecular weight is 220 g/mol. The summed E-state index contributed by atoms with van der Waals surface area (Å²) in [4.78, 5) is 12.6. The summed E-state index contributed by atoms with van der Waals surface area (Å²) in [5.74, 6) is 1.44. The summed E-state index contributed by atoms with van der Waals surface area (Å²) in [6.07, 6.45) is 5.82. The Labute approximate surface area is 99.3 Å². The standard InChI is InChI=1S/C15H24O/c1-10(2)12-7-9-15(4)8-5-6-11(3)13(15)14(12)16/h10,12-13H,3,5-9H2,1-2,4H3/t12-,13-,15-/m1/s1. The third-order valence-corrected chi connectivity index (χ3v) is 4.83. The maximum absolute atomic E-state index is 12.6. The van der Waals surface area contributed by atoms with Crippen LogP contribution in [0.1, 0.15) is 52.9 Å². The molecular formula is C15H24O. The first-order chi connectivity index (χ1) is 7.46. The van der Waals surface area contributed by atoms with Gasteiger partial charge in [-0.15, -0.1) is 0 Å². The molecule has 3 atom stereocenters. The van der Waals surface area contributed by atoms with Gasteiger partial charge in [-0.25, -0.2) is 0 Å². The highest BCUT2D eigenvalue weighted by Crippen LogP contribution is 2.52. The fraction of sp³-hybridized carbons (Fsp3) is 0.800. The topological polar surface area (TPSA) is 17.1 Å². The summed E-state index contributed by atoms with van der Waals surface area (Å²) in [6, 6.07) is 0. The number of hydrogen-bond acceptors (Lipinski definition) is 1. The Bertz CT molecular complexity index is 315. The fourth-order valence-corrected chi connectivity index (χ4v) is 3.82. The molecule has 1 heteroatoms. The summed E-state index contributed by atoms with van der Waals surface area (Å²) in [5.41, 5.74) is 1.45. The maximum atomic E-state index is 12.6. The van der Waals surface area contributed by atoms with Gasteiger partial charge in [0.25, 0.3) is 0 Å². The predicted molar refractivity (Wildman–Crippen MR) is 67.2 cm³/mol. The molecule has 0 N–H and O–H groups in total. The van der Waals surface area contributed by atoms with Crippen molar-refractivity contribution in [3.8, 4) is 0 Å². The van der Waals surface area contributed by atoms with Crippen molar-refractivity contribution in [2.45, 2.75) is 52.9 Å². The minimum absolute atomic E-state index is 0.169. The zero-order valence-corrected chi connectivity index (χ0v) is 10.9.